The van der Waals surface area contributed by atoms with Crippen LogP contribution < -0.4 is 4.72 Å². The second-order valence-corrected chi connectivity index (χ2v) is 4.08. The molecular weight excluding hydrogens is 281 g/mol. The van der Waals surface area contributed by atoms with Crippen molar-refractivity contribution in [2.45, 2.75) is 4.90 Å². The maximum atomic E-state index is 11.1. The van der Waals surface area contributed by atoms with Crippen molar-refractivity contribution in [3.05, 3.63) is 29.8 Å². The summed E-state index contributed by atoms with van der Waals surface area (Å²) in [7, 11) is -3.55. The van der Waals surface area contributed by atoms with E-state index < -0.39 is 15.9 Å². The van der Waals surface area contributed by atoms with Gasteiger partial charge in [-0.05, 0) is 12.1 Å². The first-order chi connectivity index (χ1) is 5.61. The molecule has 9 heteroatoms. The maximum Gasteiger partial charge on any atom is 0.266 e. The molecule has 0 aliphatic carbocycles. The predicted octanol–water partition coefficient (Wildman–Crippen LogP) is -1.91. The number of hydrogen-bond donors (Lipinski definition) is 1. The fraction of sp³-hybridized carbons (Fsp3) is 0. The standard InChI is InChI=1S/C7H5NO3S.Na.2H2O.Ti/c9-7-5-3-1-2-4-6(5)12(10,11)8-7;;;;/h1-4H,(H,8,9);;2*1H2;. The Labute approximate surface area is 130 Å². The van der Waals surface area contributed by atoms with E-state index in [0.717, 1.165) is 0 Å². The molecule has 1 aliphatic rings. The van der Waals surface area contributed by atoms with Crippen molar-refractivity contribution in [2.75, 3.05) is 0 Å². The number of rotatable bonds is 0. The Morgan fingerprint density at radius 3 is 2.06 bits per heavy atom. The first-order valence-electron chi connectivity index (χ1n) is 3.27. The van der Waals surface area contributed by atoms with Crippen LogP contribution in [0.25, 0.3) is 0 Å². The molecule has 1 aliphatic heterocycles. The van der Waals surface area contributed by atoms with Gasteiger partial charge in [0.1, 0.15) is 4.90 Å². The third kappa shape index (κ3) is 3.64. The van der Waals surface area contributed by atoms with Crippen molar-refractivity contribution >= 4 is 45.5 Å². The summed E-state index contributed by atoms with van der Waals surface area (Å²) in [6.45, 7) is 0. The van der Waals surface area contributed by atoms with Crippen LogP contribution >= 0.6 is 0 Å². The summed E-state index contributed by atoms with van der Waals surface area (Å²) in [6.07, 6.45) is 0. The van der Waals surface area contributed by atoms with Crippen LogP contribution in [-0.4, -0.2) is 54.8 Å². The molecule has 83 valence electrons. The van der Waals surface area contributed by atoms with Gasteiger partial charge in [0.25, 0.3) is 15.9 Å². The number of benzene rings is 1. The van der Waals surface area contributed by atoms with Crippen molar-refractivity contribution < 1.29 is 45.9 Å². The second-order valence-electron chi connectivity index (χ2n) is 2.43. The average molecular weight is 290 g/mol. The fourth-order valence-corrected chi connectivity index (χ4v) is 2.29. The zero-order chi connectivity index (χ0) is 8.77. The smallest absolute Gasteiger partial charge is 0.266 e. The van der Waals surface area contributed by atoms with E-state index in [-0.39, 0.29) is 72.7 Å². The molecule has 0 saturated heterocycles. The third-order valence-corrected chi connectivity index (χ3v) is 3.04. The second kappa shape index (κ2) is 7.57. The number of sulfonamides is 1. The summed E-state index contributed by atoms with van der Waals surface area (Å²) in [5.41, 5.74) is 0.220. The number of hydrogen-bond acceptors (Lipinski definition) is 3. The molecule has 1 heterocycles. The predicted molar refractivity (Wildman–Crippen MR) is 54.1 cm³/mol. The Bertz CT molecular complexity index is 464. The largest absolute Gasteiger partial charge is 0.412 e. The number of nitrogens with one attached hydrogen (secondary N) is 1. The van der Waals surface area contributed by atoms with E-state index >= 15 is 0 Å². The molecule has 1 amide bonds. The molecule has 0 bridgehead atoms. The Hall–Kier alpha value is 0.274. The fourth-order valence-electron chi connectivity index (χ4n) is 1.12. The third-order valence-electron chi connectivity index (χ3n) is 1.65. The molecule has 0 fully saturated rings. The van der Waals surface area contributed by atoms with Crippen LogP contribution in [0.3, 0.4) is 0 Å². The molecule has 1 radical (unpaired) electrons. The minimum atomic E-state index is -3.55. The minimum absolute atomic E-state index is 0. The van der Waals surface area contributed by atoms with Gasteiger partial charge in [-0.15, -0.1) is 0 Å². The molecular formula is C7H9NNaO5STi. The van der Waals surface area contributed by atoms with Crippen molar-refractivity contribution in [3.63, 3.8) is 0 Å². The summed E-state index contributed by atoms with van der Waals surface area (Å²) < 4.78 is 24.2. The van der Waals surface area contributed by atoms with Crippen LogP contribution in [0.15, 0.2) is 29.2 Å². The zero-order valence-electron chi connectivity index (χ0n) is 8.44. The summed E-state index contributed by atoms with van der Waals surface area (Å²) >= 11 is 0. The summed E-state index contributed by atoms with van der Waals surface area (Å²) in [6, 6.07) is 6.09. The molecule has 1 aromatic carbocycles. The van der Waals surface area contributed by atoms with Crippen molar-refractivity contribution in [3.8, 4) is 0 Å². The maximum absolute atomic E-state index is 11.1. The molecule has 0 saturated carbocycles. The molecule has 16 heavy (non-hydrogen) atoms. The van der Waals surface area contributed by atoms with Crippen LogP contribution in [0.2, 0.25) is 0 Å². The van der Waals surface area contributed by atoms with Crippen LogP contribution in [0.4, 0.5) is 0 Å². The monoisotopic (exact) mass is 290 g/mol. The van der Waals surface area contributed by atoms with Gasteiger partial charge in [0, 0.05) is 51.3 Å². The van der Waals surface area contributed by atoms with Gasteiger partial charge in [0.2, 0.25) is 0 Å². The number of fused-ring (bicyclic) bond motifs is 1. The SMILES string of the molecule is O.O.O=C1NS(=O)(=O)c2ccccc21.[Na].[Ti]. The Morgan fingerprint density at radius 1 is 1.06 bits per heavy atom. The van der Waals surface area contributed by atoms with E-state index in [1.165, 1.54) is 12.1 Å². The number of amides is 1. The van der Waals surface area contributed by atoms with Crippen LogP contribution in [0, 0.1) is 0 Å². The first kappa shape index (κ1) is 21.5. The minimum Gasteiger partial charge on any atom is -0.412 e. The molecule has 2 rings (SSSR count). The first-order valence-corrected chi connectivity index (χ1v) is 4.76. The molecule has 6 nitrogen and oxygen atoms in total. The van der Waals surface area contributed by atoms with E-state index in [4.69, 9.17) is 0 Å². The molecule has 0 atom stereocenters. The van der Waals surface area contributed by atoms with Crippen LogP contribution in [-0.2, 0) is 31.7 Å². The van der Waals surface area contributed by atoms with Gasteiger partial charge < -0.3 is 11.0 Å². The van der Waals surface area contributed by atoms with E-state index in [1.807, 2.05) is 4.72 Å². The molecule has 0 unspecified atom stereocenters. The Morgan fingerprint density at radius 2 is 1.56 bits per heavy atom. The molecule has 5 N–H and O–H groups in total. The number of carbonyl (C=O) groups excluding carboxylic acids is 1. The van der Waals surface area contributed by atoms with Gasteiger partial charge in [-0.25, -0.2) is 13.1 Å². The van der Waals surface area contributed by atoms with E-state index in [9.17, 15) is 13.2 Å². The normalized spacial score (nSPS) is 13.9. The molecule has 0 aromatic heterocycles. The topological polar surface area (TPSA) is 126 Å². The van der Waals surface area contributed by atoms with Crippen LogP contribution in [0.5, 0.6) is 0 Å². The van der Waals surface area contributed by atoms with Gasteiger partial charge in [0.15, 0.2) is 0 Å². The van der Waals surface area contributed by atoms with E-state index in [1.54, 1.807) is 12.1 Å². The van der Waals surface area contributed by atoms with Crippen molar-refractivity contribution in [1.29, 1.82) is 0 Å². The summed E-state index contributed by atoms with van der Waals surface area (Å²) in [4.78, 5) is 11.1. The Kier molecular flexibility index (Phi) is 10.2. The quantitative estimate of drug-likeness (QED) is 0.560. The average Bonchev–Trinajstić information content (AvgIpc) is 2.25. The zero-order valence-corrected chi connectivity index (χ0v) is 12.8. The van der Waals surface area contributed by atoms with Gasteiger partial charge in [-0.2, -0.15) is 0 Å². The van der Waals surface area contributed by atoms with Gasteiger partial charge in [-0.1, -0.05) is 12.1 Å². The summed E-state index contributed by atoms with van der Waals surface area (Å²) in [5.74, 6) is -0.550. The molecule has 0 spiro atoms. The van der Waals surface area contributed by atoms with Crippen LogP contribution in [0.1, 0.15) is 10.4 Å². The van der Waals surface area contributed by atoms with Gasteiger partial charge in [-0.3, -0.25) is 4.79 Å². The van der Waals surface area contributed by atoms with Crippen molar-refractivity contribution in [2.24, 2.45) is 0 Å². The van der Waals surface area contributed by atoms with Gasteiger partial charge >= 0.3 is 0 Å². The summed E-state index contributed by atoms with van der Waals surface area (Å²) in [5, 5.41) is 0. The Balaban J connectivity index is -0.000000422. The molecule has 1 aromatic rings. The number of carbonyl (C=O) groups is 1. The van der Waals surface area contributed by atoms with E-state index in [2.05, 4.69) is 0 Å². The van der Waals surface area contributed by atoms with Crippen molar-refractivity contribution in [1.82, 2.24) is 4.72 Å². The van der Waals surface area contributed by atoms with Gasteiger partial charge in [0.05, 0.1) is 5.56 Å². The van der Waals surface area contributed by atoms with E-state index in [0.29, 0.717) is 0 Å².